The molecule has 1 atom stereocenters. The fraction of sp³-hybridized carbons (Fsp3) is 0.875. The first-order valence-corrected chi connectivity index (χ1v) is 8.09. The average Bonchev–Trinajstić information content (AvgIpc) is 2.76. The molecule has 7 heteroatoms. The monoisotopic (exact) mass is 330 g/mol. The summed E-state index contributed by atoms with van der Waals surface area (Å²) in [4.78, 5) is 25.6. The zero-order chi connectivity index (χ0) is 17.7. The summed E-state index contributed by atoms with van der Waals surface area (Å²) in [6.45, 7) is 12.1. The molecule has 0 aromatic rings. The second kappa shape index (κ2) is 7.97. The normalized spacial score (nSPS) is 22.3. The Bertz CT molecular complexity index is 419. The van der Waals surface area contributed by atoms with Crippen LogP contribution < -0.4 is 5.32 Å². The summed E-state index contributed by atoms with van der Waals surface area (Å²) in [5.74, 6) is -0.561. The topological polar surface area (TPSA) is 88.1 Å². The van der Waals surface area contributed by atoms with Gasteiger partial charge in [-0.3, -0.25) is 4.90 Å². The van der Waals surface area contributed by atoms with Crippen LogP contribution in [-0.4, -0.2) is 66.1 Å². The third-order valence-corrected chi connectivity index (χ3v) is 3.50. The maximum Gasteiger partial charge on any atom is 0.408 e. The van der Waals surface area contributed by atoms with E-state index < -0.39 is 23.2 Å². The average molecular weight is 330 g/mol. The van der Waals surface area contributed by atoms with Gasteiger partial charge in [0.1, 0.15) is 5.60 Å². The zero-order valence-corrected chi connectivity index (χ0v) is 14.8. The molecule has 0 aromatic heterocycles. The summed E-state index contributed by atoms with van der Waals surface area (Å²) >= 11 is 0. The number of carboxylic acids is 1. The Hall–Kier alpha value is -1.34. The molecule has 1 heterocycles. The number of carbonyl (C=O) groups excluding carboxylic acids is 1. The quantitative estimate of drug-likeness (QED) is 0.691. The van der Waals surface area contributed by atoms with Crippen LogP contribution in [0.25, 0.3) is 0 Å². The van der Waals surface area contributed by atoms with Gasteiger partial charge in [0.2, 0.25) is 0 Å². The molecule has 1 rings (SSSR count). The molecule has 0 bridgehead atoms. The summed E-state index contributed by atoms with van der Waals surface area (Å²) in [5.41, 5.74) is -1.95. The number of hydrogen-bond acceptors (Lipinski definition) is 5. The Morgan fingerprint density at radius 1 is 1.35 bits per heavy atom. The minimum atomic E-state index is -1.29. The number of alkyl carbamates (subject to hydrolysis) is 1. The van der Waals surface area contributed by atoms with Crippen LogP contribution in [0.4, 0.5) is 4.79 Å². The van der Waals surface area contributed by atoms with Crippen molar-refractivity contribution in [3.63, 3.8) is 0 Å². The summed E-state index contributed by atoms with van der Waals surface area (Å²) in [7, 11) is 0. The minimum absolute atomic E-state index is 0.257. The van der Waals surface area contributed by atoms with Gasteiger partial charge in [-0.2, -0.15) is 0 Å². The van der Waals surface area contributed by atoms with Gasteiger partial charge in [-0.05, 0) is 33.1 Å². The van der Waals surface area contributed by atoms with E-state index in [1.165, 1.54) is 0 Å². The van der Waals surface area contributed by atoms with Gasteiger partial charge in [-0.1, -0.05) is 13.8 Å². The third kappa shape index (κ3) is 6.74. The molecule has 1 aliphatic heterocycles. The smallest absolute Gasteiger partial charge is 0.408 e. The highest BCUT2D eigenvalue weighted by atomic mass is 16.6. The van der Waals surface area contributed by atoms with Crippen LogP contribution in [0.2, 0.25) is 0 Å². The molecule has 0 aliphatic carbocycles. The van der Waals surface area contributed by atoms with Gasteiger partial charge >= 0.3 is 12.1 Å². The van der Waals surface area contributed by atoms with Crippen LogP contribution >= 0.6 is 0 Å². The zero-order valence-electron chi connectivity index (χ0n) is 14.8. The highest BCUT2D eigenvalue weighted by molar-refractivity contribution is 5.85. The number of aliphatic carboxylic acids is 1. The van der Waals surface area contributed by atoms with Gasteiger partial charge in [0, 0.05) is 26.2 Å². The molecule has 0 spiro atoms. The predicted molar refractivity (Wildman–Crippen MR) is 86.5 cm³/mol. The molecular formula is C16H30N2O5. The number of carbonyl (C=O) groups is 2. The van der Waals surface area contributed by atoms with Crippen LogP contribution in [0.15, 0.2) is 0 Å². The van der Waals surface area contributed by atoms with E-state index in [2.05, 4.69) is 19.2 Å². The first-order valence-electron chi connectivity index (χ1n) is 8.09. The maximum atomic E-state index is 11.9. The Morgan fingerprint density at radius 3 is 2.52 bits per heavy atom. The Balaban J connectivity index is 2.53. The van der Waals surface area contributed by atoms with E-state index in [-0.39, 0.29) is 6.54 Å². The van der Waals surface area contributed by atoms with Crippen molar-refractivity contribution in [1.29, 1.82) is 0 Å². The standard InChI is InChI=1S/C16H30N2O5/c1-12(2)10-22-9-8-18-7-6-16(11-18,13(19)20)17-14(21)23-15(3,4)5/h12H,6-11H2,1-5H3,(H,17,21)(H,19,20). The van der Waals surface area contributed by atoms with Gasteiger partial charge in [0.05, 0.1) is 6.61 Å². The van der Waals surface area contributed by atoms with Gasteiger partial charge < -0.3 is 19.9 Å². The molecule has 2 N–H and O–H groups in total. The molecule has 0 radical (unpaired) electrons. The Kier molecular flexibility index (Phi) is 6.83. The molecule has 1 aliphatic rings. The summed E-state index contributed by atoms with van der Waals surface area (Å²) in [5, 5.41) is 12.1. The predicted octanol–water partition coefficient (Wildman–Crippen LogP) is 1.71. The van der Waals surface area contributed by atoms with Crippen molar-refractivity contribution in [2.24, 2.45) is 5.92 Å². The first-order chi connectivity index (χ1) is 10.5. The highest BCUT2D eigenvalue weighted by Crippen LogP contribution is 2.22. The fourth-order valence-electron chi connectivity index (χ4n) is 2.42. The third-order valence-electron chi connectivity index (χ3n) is 3.50. The summed E-state index contributed by atoms with van der Waals surface area (Å²) in [6, 6.07) is 0. The number of hydrogen-bond donors (Lipinski definition) is 2. The molecular weight excluding hydrogens is 300 g/mol. The lowest BCUT2D eigenvalue weighted by molar-refractivity contribution is -0.144. The molecule has 1 saturated heterocycles. The number of ether oxygens (including phenoxy) is 2. The van der Waals surface area contributed by atoms with E-state index in [1.807, 2.05) is 4.90 Å². The molecule has 7 nitrogen and oxygen atoms in total. The lowest BCUT2D eigenvalue weighted by Gasteiger charge is -2.28. The minimum Gasteiger partial charge on any atom is -0.479 e. The van der Waals surface area contributed by atoms with Crippen molar-refractivity contribution >= 4 is 12.1 Å². The van der Waals surface area contributed by atoms with E-state index in [9.17, 15) is 14.7 Å². The van der Waals surface area contributed by atoms with E-state index in [4.69, 9.17) is 9.47 Å². The van der Waals surface area contributed by atoms with Gasteiger partial charge in [-0.25, -0.2) is 9.59 Å². The summed E-state index contributed by atoms with van der Waals surface area (Å²) in [6.07, 6.45) is -0.344. The van der Waals surface area contributed by atoms with Crippen LogP contribution in [0.3, 0.4) is 0 Å². The summed E-state index contributed by atoms with van der Waals surface area (Å²) < 4.78 is 10.7. The molecule has 23 heavy (non-hydrogen) atoms. The van der Waals surface area contributed by atoms with Gasteiger partial charge in [-0.15, -0.1) is 0 Å². The van der Waals surface area contributed by atoms with E-state index in [0.29, 0.717) is 38.6 Å². The van der Waals surface area contributed by atoms with Crippen molar-refractivity contribution in [2.45, 2.75) is 52.2 Å². The molecule has 1 unspecified atom stereocenters. The van der Waals surface area contributed by atoms with Crippen molar-refractivity contribution in [3.05, 3.63) is 0 Å². The number of nitrogens with zero attached hydrogens (tertiary/aromatic N) is 1. The molecule has 134 valence electrons. The second-order valence-corrected chi connectivity index (χ2v) is 7.51. The number of amides is 1. The Morgan fingerprint density at radius 2 is 2.00 bits per heavy atom. The largest absolute Gasteiger partial charge is 0.479 e. The van der Waals surface area contributed by atoms with Gasteiger partial charge in [0.25, 0.3) is 0 Å². The number of rotatable bonds is 7. The van der Waals surface area contributed by atoms with Crippen LogP contribution in [0.1, 0.15) is 41.0 Å². The van der Waals surface area contributed by atoms with E-state index in [0.717, 1.165) is 0 Å². The van der Waals surface area contributed by atoms with E-state index in [1.54, 1.807) is 20.8 Å². The number of carboxylic acid groups (broad SMARTS) is 1. The molecule has 0 saturated carbocycles. The van der Waals surface area contributed by atoms with Crippen molar-refractivity contribution in [3.8, 4) is 0 Å². The highest BCUT2D eigenvalue weighted by Gasteiger charge is 2.46. The fourth-order valence-corrected chi connectivity index (χ4v) is 2.42. The van der Waals surface area contributed by atoms with Crippen LogP contribution in [0, 0.1) is 5.92 Å². The maximum absolute atomic E-state index is 11.9. The Labute approximate surface area is 138 Å². The first kappa shape index (κ1) is 19.7. The molecule has 1 fully saturated rings. The lowest BCUT2D eigenvalue weighted by atomic mass is 9.99. The SMILES string of the molecule is CC(C)COCCN1CCC(NC(=O)OC(C)(C)C)(C(=O)O)C1. The number of nitrogens with one attached hydrogen (secondary N) is 1. The molecule has 0 aromatic carbocycles. The van der Waals surface area contributed by atoms with Gasteiger partial charge in [0.15, 0.2) is 5.54 Å². The van der Waals surface area contributed by atoms with Crippen molar-refractivity contribution < 1.29 is 24.2 Å². The molecule has 1 amide bonds. The van der Waals surface area contributed by atoms with Crippen LogP contribution in [0.5, 0.6) is 0 Å². The second-order valence-electron chi connectivity index (χ2n) is 7.51. The number of likely N-dealkylation sites (tertiary alicyclic amines) is 1. The van der Waals surface area contributed by atoms with Crippen molar-refractivity contribution in [2.75, 3.05) is 32.8 Å². The van der Waals surface area contributed by atoms with Crippen LogP contribution in [-0.2, 0) is 14.3 Å². The van der Waals surface area contributed by atoms with Crippen molar-refractivity contribution in [1.82, 2.24) is 10.2 Å². The lowest BCUT2D eigenvalue weighted by Crippen LogP contribution is -2.57. The van der Waals surface area contributed by atoms with E-state index >= 15 is 0 Å².